The third-order valence-corrected chi connectivity index (χ3v) is 4.30. The molecule has 9 heteroatoms. The summed E-state index contributed by atoms with van der Waals surface area (Å²) in [5, 5.41) is 25.4. The Morgan fingerprint density at radius 2 is 1.76 bits per heavy atom. The number of amides is 2. The highest BCUT2D eigenvalue weighted by Crippen LogP contribution is 2.23. The standard InChI is InChI=1S/C16H28N2O7/c1-8-4-5-12(21)16(24-8)23-7-11-6-13(22)14(17-9(2)19)15(25-11)18-10(3)20/h8,11-16,21-22H,4-7H2,1-3H3,(H,17,19)(H,18,20)/t8-,11-,12-,13-,14+,15+,16+/m0/s1. The molecule has 0 unspecified atom stereocenters. The van der Waals surface area contributed by atoms with Gasteiger partial charge in [0.2, 0.25) is 11.8 Å². The molecule has 4 N–H and O–H groups in total. The number of aliphatic hydroxyl groups is 2. The van der Waals surface area contributed by atoms with E-state index in [-0.39, 0.29) is 30.9 Å². The quantitative estimate of drug-likeness (QED) is 0.496. The van der Waals surface area contributed by atoms with Crippen LogP contribution in [0.1, 0.15) is 40.0 Å². The van der Waals surface area contributed by atoms with Crippen molar-refractivity contribution in [3.05, 3.63) is 0 Å². The van der Waals surface area contributed by atoms with Crippen LogP contribution in [0.2, 0.25) is 0 Å². The van der Waals surface area contributed by atoms with E-state index >= 15 is 0 Å². The van der Waals surface area contributed by atoms with Crippen molar-refractivity contribution >= 4 is 11.8 Å². The number of rotatable bonds is 5. The normalized spacial score (nSPS) is 38.8. The maximum absolute atomic E-state index is 11.4. The maximum Gasteiger partial charge on any atom is 0.218 e. The van der Waals surface area contributed by atoms with E-state index in [1.807, 2.05) is 6.92 Å². The predicted molar refractivity (Wildman–Crippen MR) is 86.2 cm³/mol. The van der Waals surface area contributed by atoms with Crippen molar-refractivity contribution in [2.75, 3.05) is 6.61 Å². The number of hydrogen-bond donors (Lipinski definition) is 4. The molecule has 0 spiro atoms. The fourth-order valence-electron chi connectivity index (χ4n) is 3.09. The summed E-state index contributed by atoms with van der Waals surface area (Å²) in [6.45, 7) is 4.66. The highest BCUT2D eigenvalue weighted by atomic mass is 16.7. The molecule has 2 aliphatic heterocycles. The molecule has 0 aromatic carbocycles. The molecule has 0 aliphatic carbocycles. The van der Waals surface area contributed by atoms with E-state index < -0.39 is 36.9 Å². The van der Waals surface area contributed by atoms with Crippen LogP contribution in [-0.2, 0) is 23.8 Å². The van der Waals surface area contributed by atoms with E-state index in [9.17, 15) is 19.8 Å². The van der Waals surface area contributed by atoms with Crippen LogP contribution in [0.25, 0.3) is 0 Å². The van der Waals surface area contributed by atoms with Crippen LogP contribution in [-0.4, -0.2) is 71.6 Å². The third kappa shape index (κ3) is 5.89. The van der Waals surface area contributed by atoms with Gasteiger partial charge < -0.3 is 35.1 Å². The Morgan fingerprint density at radius 1 is 1.08 bits per heavy atom. The Bertz CT molecular complexity index is 475. The second kappa shape index (κ2) is 8.91. The molecule has 2 amide bonds. The van der Waals surface area contributed by atoms with Crippen molar-refractivity contribution in [2.24, 2.45) is 0 Å². The minimum atomic E-state index is -0.903. The van der Waals surface area contributed by atoms with Crippen LogP contribution in [0, 0.1) is 0 Å². The number of hydrogen-bond acceptors (Lipinski definition) is 7. The predicted octanol–water partition coefficient (Wildman–Crippen LogP) is -0.994. The van der Waals surface area contributed by atoms with Crippen molar-refractivity contribution in [3.8, 4) is 0 Å². The fraction of sp³-hybridized carbons (Fsp3) is 0.875. The molecule has 0 saturated carbocycles. The van der Waals surface area contributed by atoms with E-state index in [1.54, 1.807) is 0 Å². The van der Waals surface area contributed by atoms with Crippen LogP contribution < -0.4 is 10.6 Å². The smallest absolute Gasteiger partial charge is 0.218 e. The zero-order valence-electron chi connectivity index (χ0n) is 14.8. The molecule has 2 rings (SSSR count). The number of carbonyl (C=O) groups is 2. The van der Waals surface area contributed by atoms with Gasteiger partial charge in [-0.2, -0.15) is 0 Å². The molecule has 25 heavy (non-hydrogen) atoms. The first-order chi connectivity index (χ1) is 11.8. The molecule has 2 aliphatic rings. The lowest BCUT2D eigenvalue weighted by atomic mass is 9.99. The Morgan fingerprint density at radius 3 is 2.40 bits per heavy atom. The molecule has 144 valence electrons. The Kier molecular flexibility index (Phi) is 7.14. The summed E-state index contributed by atoms with van der Waals surface area (Å²) < 4.78 is 16.9. The van der Waals surface area contributed by atoms with Crippen molar-refractivity contribution in [1.82, 2.24) is 10.6 Å². The SMILES string of the molecule is CC(=O)N[C@H]1[C@H](NC(C)=O)O[C@H](CO[C@@H]2O[C@@H](C)CC[C@@H]2O)C[C@@H]1O. The topological polar surface area (TPSA) is 126 Å². The van der Waals surface area contributed by atoms with Gasteiger partial charge in [0.1, 0.15) is 6.10 Å². The molecular formula is C16H28N2O7. The lowest BCUT2D eigenvalue weighted by molar-refractivity contribution is -0.253. The number of ether oxygens (including phenoxy) is 3. The second-order valence-electron chi connectivity index (χ2n) is 6.70. The third-order valence-electron chi connectivity index (χ3n) is 4.30. The van der Waals surface area contributed by atoms with E-state index in [4.69, 9.17) is 14.2 Å². The average Bonchev–Trinajstić information content (AvgIpc) is 2.51. The van der Waals surface area contributed by atoms with Gasteiger partial charge in [-0.1, -0.05) is 0 Å². The van der Waals surface area contributed by atoms with E-state index in [1.165, 1.54) is 13.8 Å². The van der Waals surface area contributed by atoms with Gasteiger partial charge in [-0.3, -0.25) is 9.59 Å². The molecule has 7 atom stereocenters. The summed E-state index contributed by atoms with van der Waals surface area (Å²) >= 11 is 0. The van der Waals surface area contributed by atoms with Crippen LogP contribution >= 0.6 is 0 Å². The van der Waals surface area contributed by atoms with Gasteiger partial charge in [0.25, 0.3) is 0 Å². The van der Waals surface area contributed by atoms with Gasteiger partial charge in [-0.15, -0.1) is 0 Å². The van der Waals surface area contributed by atoms with Gasteiger partial charge in [-0.25, -0.2) is 0 Å². The van der Waals surface area contributed by atoms with Crippen molar-refractivity contribution in [2.45, 2.75) is 83.0 Å². The molecule has 0 aromatic rings. The van der Waals surface area contributed by atoms with Gasteiger partial charge in [0.15, 0.2) is 12.5 Å². The van der Waals surface area contributed by atoms with Gasteiger partial charge >= 0.3 is 0 Å². The molecule has 9 nitrogen and oxygen atoms in total. The minimum absolute atomic E-state index is 0.00235. The lowest BCUT2D eigenvalue weighted by Gasteiger charge is -2.40. The zero-order valence-corrected chi connectivity index (χ0v) is 14.8. The molecule has 2 saturated heterocycles. The first-order valence-electron chi connectivity index (χ1n) is 8.59. The summed E-state index contributed by atoms with van der Waals surface area (Å²) in [6.07, 6.45) is -2.14. The first-order valence-corrected chi connectivity index (χ1v) is 8.59. The highest BCUT2D eigenvalue weighted by molar-refractivity contribution is 5.74. The zero-order chi connectivity index (χ0) is 18.6. The molecule has 0 aromatic heterocycles. The average molecular weight is 360 g/mol. The van der Waals surface area contributed by atoms with Crippen molar-refractivity contribution < 1.29 is 34.0 Å². The molecule has 2 fully saturated rings. The molecule has 0 radical (unpaired) electrons. The van der Waals surface area contributed by atoms with Crippen LogP contribution in [0.4, 0.5) is 0 Å². The van der Waals surface area contributed by atoms with Gasteiger partial charge in [0, 0.05) is 20.3 Å². The number of aliphatic hydroxyl groups excluding tert-OH is 2. The first kappa shape index (κ1) is 20.1. The van der Waals surface area contributed by atoms with Crippen LogP contribution in [0.3, 0.4) is 0 Å². The monoisotopic (exact) mass is 360 g/mol. The van der Waals surface area contributed by atoms with Gasteiger partial charge in [0.05, 0.1) is 31.0 Å². The summed E-state index contributed by atoms with van der Waals surface area (Å²) in [4.78, 5) is 22.7. The molecular weight excluding hydrogens is 332 g/mol. The molecule has 0 bridgehead atoms. The Labute approximate surface area is 147 Å². The Balaban J connectivity index is 1.93. The minimum Gasteiger partial charge on any atom is -0.391 e. The van der Waals surface area contributed by atoms with Crippen LogP contribution in [0.5, 0.6) is 0 Å². The second-order valence-corrected chi connectivity index (χ2v) is 6.70. The summed E-state index contributed by atoms with van der Waals surface area (Å²) in [6, 6.07) is -0.741. The van der Waals surface area contributed by atoms with E-state index in [0.717, 1.165) is 6.42 Å². The van der Waals surface area contributed by atoms with E-state index in [2.05, 4.69) is 10.6 Å². The van der Waals surface area contributed by atoms with Crippen molar-refractivity contribution in [3.63, 3.8) is 0 Å². The fourth-order valence-corrected chi connectivity index (χ4v) is 3.09. The highest BCUT2D eigenvalue weighted by Gasteiger charge is 2.40. The van der Waals surface area contributed by atoms with E-state index in [0.29, 0.717) is 6.42 Å². The number of nitrogens with one attached hydrogen (secondary N) is 2. The van der Waals surface area contributed by atoms with Gasteiger partial charge in [-0.05, 0) is 19.8 Å². The lowest BCUT2D eigenvalue weighted by Crippen LogP contribution is -2.62. The number of carbonyl (C=O) groups excluding carboxylic acids is 2. The van der Waals surface area contributed by atoms with Crippen molar-refractivity contribution in [1.29, 1.82) is 0 Å². The Hall–Kier alpha value is -1.26. The summed E-state index contributed by atoms with van der Waals surface area (Å²) in [7, 11) is 0. The summed E-state index contributed by atoms with van der Waals surface area (Å²) in [5.74, 6) is -0.667. The molecule has 2 heterocycles. The largest absolute Gasteiger partial charge is 0.391 e. The maximum atomic E-state index is 11.4. The summed E-state index contributed by atoms with van der Waals surface area (Å²) in [5.41, 5.74) is 0. The van der Waals surface area contributed by atoms with Crippen LogP contribution in [0.15, 0.2) is 0 Å².